The molecule has 0 amide bonds. The van der Waals surface area contributed by atoms with Gasteiger partial charge < -0.3 is 0 Å². The predicted octanol–water partition coefficient (Wildman–Crippen LogP) is 2.63. The standard InChI is InChI=1S/C13H15NO/c1-9(11(3)15)7-13-5-4-12(8-14)6-10(13)2/h4-6,9H,7H2,1-3H3. The van der Waals surface area contributed by atoms with Gasteiger partial charge in [0.2, 0.25) is 0 Å². The molecular weight excluding hydrogens is 186 g/mol. The fourth-order valence-corrected chi connectivity index (χ4v) is 1.47. The monoisotopic (exact) mass is 201 g/mol. The van der Waals surface area contributed by atoms with Crippen molar-refractivity contribution >= 4 is 5.78 Å². The first-order valence-electron chi connectivity index (χ1n) is 5.04. The van der Waals surface area contributed by atoms with Gasteiger partial charge in [-0.25, -0.2) is 0 Å². The van der Waals surface area contributed by atoms with Crippen LogP contribution in [0.2, 0.25) is 0 Å². The molecule has 0 heterocycles. The Morgan fingerprint density at radius 1 is 1.53 bits per heavy atom. The van der Waals surface area contributed by atoms with E-state index in [2.05, 4.69) is 6.07 Å². The van der Waals surface area contributed by atoms with E-state index in [1.807, 2.05) is 26.0 Å². The molecule has 15 heavy (non-hydrogen) atoms. The van der Waals surface area contributed by atoms with E-state index in [0.717, 1.165) is 17.5 Å². The lowest BCUT2D eigenvalue weighted by Crippen LogP contribution is -2.10. The quantitative estimate of drug-likeness (QED) is 0.754. The maximum atomic E-state index is 11.1. The summed E-state index contributed by atoms with van der Waals surface area (Å²) in [6.45, 7) is 5.52. The van der Waals surface area contributed by atoms with Gasteiger partial charge in [-0.2, -0.15) is 5.26 Å². The highest BCUT2D eigenvalue weighted by atomic mass is 16.1. The summed E-state index contributed by atoms with van der Waals surface area (Å²) in [4.78, 5) is 11.1. The highest BCUT2D eigenvalue weighted by molar-refractivity contribution is 5.78. The van der Waals surface area contributed by atoms with Crippen molar-refractivity contribution in [3.8, 4) is 6.07 Å². The summed E-state index contributed by atoms with van der Waals surface area (Å²) in [5.74, 6) is 0.260. The third-order valence-electron chi connectivity index (χ3n) is 2.69. The van der Waals surface area contributed by atoms with Crippen LogP contribution in [0, 0.1) is 24.2 Å². The average Bonchev–Trinajstić information content (AvgIpc) is 2.20. The van der Waals surface area contributed by atoms with Crippen LogP contribution in [0.3, 0.4) is 0 Å². The normalized spacial score (nSPS) is 11.9. The fraction of sp³-hybridized carbons (Fsp3) is 0.385. The second-order valence-electron chi connectivity index (χ2n) is 3.97. The summed E-state index contributed by atoms with van der Waals surface area (Å²) >= 11 is 0. The minimum absolute atomic E-state index is 0.0524. The summed E-state index contributed by atoms with van der Waals surface area (Å²) in [6, 6.07) is 7.71. The smallest absolute Gasteiger partial charge is 0.132 e. The molecule has 0 aromatic heterocycles. The molecular formula is C13H15NO. The van der Waals surface area contributed by atoms with E-state index in [4.69, 9.17) is 5.26 Å². The van der Waals surface area contributed by atoms with Crippen molar-refractivity contribution in [2.24, 2.45) is 5.92 Å². The van der Waals surface area contributed by atoms with Gasteiger partial charge in [0, 0.05) is 5.92 Å². The van der Waals surface area contributed by atoms with E-state index in [0.29, 0.717) is 5.56 Å². The van der Waals surface area contributed by atoms with Gasteiger partial charge in [0.25, 0.3) is 0 Å². The van der Waals surface area contributed by atoms with E-state index in [1.54, 1.807) is 13.0 Å². The number of nitrogens with zero attached hydrogens (tertiary/aromatic N) is 1. The second kappa shape index (κ2) is 4.75. The largest absolute Gasteiger partial charge is 0.300 e. The Morgan fingerprint density at radius 2 is 2.20 bits per heavy atom. The van der Waals surface area contributed by atoms with Gasteiger partial charge >= 0.3 is 0 Å². The highest BCUT2D eigenvalue weighted by Crippen LogP contribution is 2.15. The number of carbonyl (C=O) groups is 1. The number of hydrogen-bond acceptors (Lipinski definition) is 2. The molecule has 1 aromatic rings. The van der Waals surface area contributed by atoms with Crippen LogP contribution >= 0.6 is 0 Å². The lowest BCUT2D eigenvalue weighted by molar-refractivity contribution is -0.120. The first kappa shape index (κ1) is 11.5. The zero-order valence-corrected chi connectivity index (χ0v) is 9.37. The maximum Gasteiger partial charge on any atom is 0.132 e. The summed E-state index contributed by atoms with van der Waals surface area (Å²) in [6.07, 6.45) is 0.757. The van der Waals surface area contributed by atoms with Crippen molar-refractivity contribution in [2.45, 2.75) is 27.2 Å². The number of Topliss-reactive ketones (excluding diaryl/α,β-unsaturated/α-hetero) is 1. The summed E-state index contributed by atoms with van der Waals surface area (Å²) in [5, 5.41) is 8.72. The lowest BCUT2D eigenvalue weighted by atomic mass is 9.94. The van der Waals surface area contributed by atoms with E-state index >= 15 is 0 Å². The van der Waals surface area contributed by atoms with Crippen molar-refractivity contribution in [1.82, 2.24) is 0 Å². The van der Waals surface area contributed by atoms with Crippen LogP contribution in [-0.4, -0.2) is 5.78 Å². The van der Waals surface area contributed by atoms with Crippen LogP contribution in [0.1, 0.15) is 30.5 Å². The zero-order valence-electron chi connectivity index (χ0n) is 9.37. The van der Waals surface area contributed by atoms with E-state index in [9.17, 15) is 4.79 Å². The van der Waals surface area contributed by atoms with Gasteiger partial charge in [-0.15, -0.1) is 0 Å². The topological polar surface area (TPSA) is 40.9 Å². The average molecular weight is 201 g/mol. The van der Waals surface area contributed by atoms with Gasteiger partial charge in [-0.1, -0.05) is 13.0 Å². The Bertz CT molecular complexity index is 415. The minimum Gasteiger partial charge on any atom is -0.300 e. The molecule has 2 heteroatoms. The molecule has 0 aliphatic carbocycles. The number of hydrogen-bond donors (Lipinski definition) is 0. The van der Waals surface area contributed by atoms with Crippen LogP contribution < -0.4 is 0 Å². The fourth-order valence-electron chi connectivity index (χ4n) is 1.47. The zero-order chi connectivity index (χ0) is 11.4. The number of carbonyl (C=O) groups excluding carboxylic acids is 1. The van der Waals surface area contributed by atoms with E-state index < -0.39 is 0 Å². The van der Waals surface area contributed by atoms with Crippen molar-refractivity contribution in [2.75, 3.05) is 0 Å². The highest BCUT2D eigenvalue weighted by Gasteiger charge is 2.10. The molecule has 0 bridgehead atoms. The van der Waals surface area contributed by atoms with Gasteiger partial charge in [0.1, 0.15) is 5.78 Å². The molecule has 0 spiro atoms. The van der Waals surface area contributed by atoms with E-state index in [1.165, 1.54) is 0 Å². The molecule has 0 saturated carbocycles. The molecule has 0 aliphatic rings. The summed E-state index contributed by atoms with van der Waals surface area (Å²) < 4.78 is 0. The first-order valence-corrected chi connectivity index (χ1v) is 5.04. The molecule has 1 atom stereocenters. The molecule has 1 unspecified atom stereocenters. The summed E-state index contributed by atoms with van der Waals surface area (Å²) in [7, 11) is 0. The Hall–Kier alpha value is -1.62. The molecule has 0 fully saturated rings. The number of rotatable bonds is 3. The molecule has 0 radical (unpaired) electrons. The SMILES string of the molecule is CC(=O)C(C)Cc1ccc(C#N)cc1C. The molecule has 0 aliphatic heterocycles. The number of ketones is 1. The Kier molecular flexibility index (Phi) is 3.62. The molecule has 2 nitrogen and oxygen atoms in total. The third-order valence-corrected chi connectivity index (χ3v) is 2.69. The van der Waals surface area contributed by atoms with Crippen LogP contribution in [-0.2, 0) is 11.2 Å². The molecule has 0 N–H and O–H groups in total. The predicted molar refractivity (Wildman–Crippen MR) is 59.4 cm³/mol. The molecule has 0 saturated heterocycles. The number of aryl methyl sites for hydroxylation is 1. The Morgan fingerprint density at radius 3 is 2.67 bits per heavy atom. The number of benzene rings is 1. The number of nitriles is 1. The Labute approximate surface area is 90.5 Å². The second-order valence-corrected chi connectivity index (χ2v) is 3.97. The first-order chi connectivity index (χ1) is 7.04. The third kappa shape index (κ3) is 2.92. The van der Waals surface area contributed by atoms with Crippen LogP contribution in [0.5, 0.6) is 0 Å². The molecule has 1 aromatic carbocycles. The van der Waals surface area contributed by atoms with Gasteiger partial charge in [0.15, 0.2) is 0 Å². The van der Waals surface area contributed by atoms with Crippen molar-refractivity contribution in [1.29, 1.82) is 5.26 Å². The van der Waals surface area contributed by atoms with Crippen molar-refractivity contribution in [3.05, 3.63) is 34.9 Å². The van der Waals surface area contributed by atoms with Gasteiger partial charge in [0.05, 0.1) is 11.6 Å². The van der Waals surface area contributed by atoms with Gasteiger partial charge in [-0.05, 0) is 43.5 Å². The van der Waals surface area contributed by atoms with Crippen molar-refractivity contribution < 1.29 is 4.79 Å². The lowest BCUT2D eigenvalue weighted by Gasteiger charge is -2.10. The molecule has 1 rings (SSSR count). The van der Waals surface area contributed by atoms with Crippen LogP contribution in [0.4, 0.5) is 0 Å². The maximum absolute atomic E-state index is 11.1. The Balaban J connectivity index is 2.88. The van der Waals surface area contributed by atoms with Gasteiger partial charge in [-0.3, -0.25) is 4.79 Å². The van der Waals surface area contributed by atoms with Crippen LogP contribution in [0.25, 0.3) is 0 Å². The molecule has 78 valence electrons. The minimum atomic E-state index is 0.0524. The summed E-state index contributed by atoms with van der Waals surface area (Å²) in [5.41, 5.74) is 2.91. The van der Waals surface area contributed by atoms with Crippen LogP contribution in [0.15, 0.2) is 18.2 Å². The van der Waals surface area contributed by atoms with Crippen molar-refractivity contribution in [3.63, 3.8) is 0 Å². The van der Waals surface area contributed by atoms with E-state index in [-0.39, 0.29) is 11.7 Å².